The molecule has 1 fully saturated rings. The molecule has 1 saturated heterocycles. The van der Waals surface area contributed by atoms with E-state index in [4.69, 9.17) is 0 Å². The summed E-state index contributed by atoms with van der Waals surface area (Å²) in [6.07, 6.45) is 4.74. The predicted octanol–water partition coefficient (Wildman–Crippen LogP) is 2.77. The average molecular weight is 205 g/mol. The summed E-state index contributed by atoms with van der Waals surface area (Å²) in [7, 11) is 0. The van der Waals surface area contributed by atoms with Crippen LogP contribution in [0.2, 0.25) is 0 Å². The molecule has 1 heterocycles. The van der Waals surface area contributed by atoms with Crippen LogP contribution in [0.3, 0.4) is 0 Å². The second kappa shape index (κ2) is 4.23. The molecule has 1 aromatic carbocycles. The fraction of sp³-hybridized carbons (Fsp3) is 0.538. The largest absolute Gasteiger partial charge is 0.508 e. The van der Waals surface area contributed by atoms with Gasteiger partial charge in [0.2, 0.25) is 0 Å². The van der Waals surface area contributed by atoms with Gasteiger partial charge in [-0.15, -0.1) is 0 Å². The van der Waals surface area contributed by atoms with Crippen LogP contribution in [0.5, 0.6) is 5.75 Å². The molecule has 1 aliphatic heterocycles. The maximum Gasteiger partial charge on any atom is 0.115 e. The first-order chi connectivity index (χ1) is 7.27. The highest BCUT2D eigenvalue weighted by Crippen LogP contribution is 2.36. The SMILES string of the molecule is CCCC1(c2cccc(O)c2)CCCN1. The van der Waals surface area contributed by atoms with E-state index >= 15 is 0 Å². The first-order valence-electron chi connectivity index (χ1n) is 5.81. The maximum absolute atomic E-state index is 9.53. The highest BCUT2D eigenvalue weighted by Gasteiger charge is 2.34. The van der Waals surface area contributed by atoms with Crippen LogP contribution >= 0.6 is 0 Å². The van der Waals surface area contributed by atoms with E-state index < -0.39 is 0 Å². The monoisotopic (exact) mass is 205 g/mol. The van der Waals surface area contributed by atoms with Crippen molar-refractivity contribution in [3.05, 3.63) is 29.8 Å². The molecule has 0 bridgehead atoms. The van der Waals surface area contributed by atoms with Gasteiger partial charge in [0.05, 0.1) is 0 Å². The zero-order chi connectivity index (χ0) is 10.7. The average Bonchev–Trinajstić information content (AvgIpc) is 2.68. The van der Waals surface area contributed by atoms with Crippen LogP contribution in [0.4, 0.5) is 0 Å². The van der Waals surface area contributed by atoms with E-state index in [-0.39, 0.29) is 5.54 Å². The van der Waals surface area contributed by atoms with E-state index in [1.54, 1.807) is 6.07 Å². The van der Waals surface area contributed by atoms with Gasteiger partial charge in [-0.25, -0.2) is 0 Å². The maximum atomic E-state index is 9.53. The summed E-state index contributed by atoms with van der Waals surface area (Å²) in [5, 5.41) is 13.1. The molecule has 82 valence electrons. The molecule has 0 saturated carbocycles. The summed E-state index contributed by atoms with van der Waals surface area (Å²) in [6, 6.07) is 7.68. The summed E-state index contributed by atoms with van der Waals surface area (Å²) in [4.78, 5) is 0. The van der Waals surface area contributed by atoms with Crippen molar-refractivity contribution in [1.29, 1.82) is 0 Å². The van der Waals surface area contributed by atoms with Gasteiger partial charge in [-0.3, -0.25) is 0 Å². The lowest BCUT2D eigenvalue weighted by Gasteiger charge is -2.30. The molecule has 0 radical (unpaired) electrons. The Kier molecular flexibility index (Phi) is 2.96. The Balaban J connectivity index is 2.31. The van der Waals surface area contributed by atoms with E-state index in [1.165, 1.54) is 24.8 Å². The zero-order valence-corrected chi connectivity index (χ0v) is 9.29. The molecule has 2 heteroatoms. The molecule has 0 spiro atoms. The van der Waals surface area contributed by atoms with Crippen molar-refractivity contribution in [2.24, 2.45) is 0 Å². The molecule has 0 aliphatic carbocycles. The van der Waals surface area contributed by atoms with Crippen molar-refractivity contribution in [1.82, 2.24) is 5.32 Å². The van der Waals surface area contributed by atoms with Crippen molar-refractivity contribution in [2.75, 3.05) is 6.54 Å². The minimum atomic E-state index is 0.119. The number of benzene rings is 1. The second-order valence-electron chi connectivity index (χ2n) is 4.41. The highest BCUT2D eigenvalue weighted by atomic mass is 16.3. The Morgan fingerprint density at radius 3 is 2.93 bits per heavy atom. The van der Waals surface area contributed by atoms with Gasteiger partial charge in [-0.05, 0) is 43.5 Å². The van der Waals surface area contributed by atoms with E-state index in [1.807, 2.05) is 12.1 Å². The third-order valence-corrected chi connectivity index (χ3v) is 3.32. The van der Waals surface area contributed by atoms with Crippen LogP contribution in [0.1, 0.15) is 38.2 Å². The number of nitrogens with one attached hydrogen (secondary N) is 1. The van der Waals surface area contributed by atoms with Gasteiger partial charge in [0.25, 0.3) is 0 Å². The van der Waals surface area contributed by atoms with E-state index in [0.29, 0.717) is 5.75 Å². The minimum absolute atomic E-state index is 0.119. The molecule has 2 nitrogen and oxygen atoms in total. The molecule has 15 heavy (non-hydrogen) atoms. The van der Waals surface area contributed by atoms with Gasteiger partial charge in [0, 0.05) is 5.54 Å². The molecule has 2 N–H and O–H groups in total. The molecule has 1 aliphatic rings. The number of hydrogen-bond donors (Lipinski definition) is 2. The third kappa shape index (κ3) is 2.00. The zero-order valence-electron chi connectivity index (χ0n) is 9.29. The van der Waals surface area contributed by atoms with Crippen LogP contribution in [-0.2, 0) is 5.54 Å². The molecule has 1 atom stereocenters. The lowest BCUT2D eigenvalue weighted by atomic mass is 9.84. The van der Waals surface area contributed by atoms with Crippen molar-refractivity contribution in [3.8, 4) is 5.75 Å². The number of hydrogen-bond acceptors (Lipinski definition) is 2. The molecular weight excluding hydrogens is 186 g/mol. The van der Waals surface area contributed by atoms with E-state index in [2.05, 4.69) is 18.3 Å². The normalized spacial score (nSPS) is 25.7. The Hall–Kier alpha value is -1.02. The van der Waals surface area contributed by atoms with Gasteiger partial charge >= 0.3 is 0 Å². The topological polar surface area (TPSA) is 32.3 Å². The third-order valence-electron chi connectivity index (χ3n) is 3.32. The van der Waals surface area contributed by atoms with Gasteiger partial charge < -0.3 is 10.4 Å². The predicted molar refractivity (Wildman–Crippen MR) is 61.9 cm³/mol. The van der Waals surface area contributed by atoms with Crippen LogP contribution in [0.25, 0.3) is 0 Å². The first-order valence-corrected chi connectivity index (χ1v) is 5.81. The number of phenolic OH excluding ortho intramolecular Hbond substituents is 1. The van der Waals surface area contributed by atoms with Crippen molar-refractivity contribution >= 4 is 0 Å². The van der Waals surface area contributed by atoms with Gasteiger partial charge in [-0.1, -0.05) is 25.5 Å². The van der Waals surface area contributed by atoms with Gasteiger partial charge in [0.1, 0.15) is 5.75 Å². The van der Waals surface area contributed by atoms with Crippen LogP contribution in [0.15, 0.2) is 24.3 Å². The summed E-state index contributed by atoms with van der Waals surface area (Å²) >= 11 is 0. The fourth-order valence-corrected chi connectivity index (χ4v) is 2.64. The summed E-state index contributed by atoms with van der Waals surface area (Å²) in [5.74, 6) is 0.372. The molecule has 2 rings (SSSR count). The fourth-order valence-electron chi connectivity index (χ4n) is 2.64. The molecule has 1 aromatic rings. The van der Waals surface area contributed by atoms with Crippen LogP contribution in [0, 0.1) is 0 Å². The second-order valence-corrected chi connectivity index (χ2v) is 4.41. The Morgan fingerprint density at radius 1 is 1.47 bits per heavy atom. The lowest BCUT2D eigenvalue weighted by molar-refractivity contribution is 0.353. The smallest absolute Gasteiger partial charge is 0.115 e. The Bertz CT molecular complexity index is 329. The van der Waals surface area contributed by atoms with Crippen LogP contribution < -0.4 is 5.32 Å². The first kappa shape index (κ1) is 10.5. The van der Waals surface area contributed by atoms with Gasteiger partial charge in [-0.2, -0.15) is 0 Å². The Labute approximate surface area is 91.3 Å². The summed E-state index contributed by atoms with van der Waals surface area (Å²) < 4.78 is 0. The lowest BCUT2D eigenvalue weighted by Crippen LogP contribution is -2.36. The molecule has 1 unspecified atom stereocenters. The summed E-state index contributed by atoms with van der Waals surface area (Å²) in [5.41, 5.74) is 1.36. The number of rotatable bonds is 3. The van der Waals surface area contributed by atoms with Crippen molar-refractivity contribution in [3.63, 3.8) is 0 Å². The molecule has 0 aromatic heterocycles. The van der Waals surface area contributed by atoms with Gasteiger partial charge in [0.15, 0.2) is 0 Å². The quantitative estimate of drug-likeness (QED) is 0.795. The summed E-state index contributed by atoms with van der Waals surface area (Å²) in [6.45, 7) is 3.31. The van der Waals surface area contributed by atoms with Crippen LogP contribution in [-0.4, -0.2) is 11.7 Å². The molecule has 0 amide bonds. The molecular formula is C13H19NO. The minimum Gasteiger partial charge on any atom is -0.508 e. The number of aromatic hydroxyl groups is 1. The highest BCUT2D eigenvalue weighted by molar-refractivity contribution is 5.33. The van der Waals surface area contributed by atoms with Crippen molar-refractivity contribution in [2.45, 2.75) is 38.1 Å². The number of phenols is 1. The Morgan fingerprint density at radius 2 is 2.33 bits per heavy atom. The van der Waals surface area contributed by atoms with Crippen molar-refractivity contribution < 1.29 is 5.11 Å². The van der Waals surface area contributed by atoms with E-state index in [9.17, 15) is 5.11 Å². The standard InChI is InChI=1S/C13H19NO/c1-2-7-13(8-4-9-14-13)11-5-3-6-12(15)10-11/h3,5-6,10,14-15H,2,4,7-9H2,1H3. The van der Waals surface area contributed by atoms with E-state index in [0.717, 1.165) is 13.0 Å².